The van der Waals surface area contributed by atoms with Gasteiger partial charge in [-0.1, -0.05) is 25.1 Å². The molecule has 5 aromatic rings. The fraction of sp³-hybridized carbons (Fsp3) is 0.107. The Morgan fingerprint density at radius 1 is 0.941 bits per heavy atom. The number of rotatable bonds is 7. The summed E-state index contributed by atoms with van der Waals surface area (Å²) in [5.74, 6) is 1.89. The maximum atomic E-state index is 9.94. The minimum Gasteiger partial charge on any atom is -0.508 e. The van der Waals surface area contributed by atoms with Crippen LogP contribution in [0.1, 0.15) is 24.6 Å². The molecule has 0 spiro atoms. The van der Waals surface area contributed by atoms with Crippen molar-refractivity contribution in [3.05, 3.63) is 90.5 Å². The topological polar surface area (TPSA) is 67.5 Å². The molecular formula is C28H24N2O3S. The van der Waals surface area contributed by atoms with Crippen LogP contribution in [0.2, 0.25) is 0 Å². The van der Waals surface area contributed by atoms with Gasteiger partial charge in [0.2, 0.25) is 0 Å². The number of thiophene rings is 1. The Balaban J connectivity index is 1.44. The normalized spacial score (nSPS) is 11.4. The zero-order valence-electron chi connectivity index (χ0n) is 18.7. The summed E-state index contributed by atoms with van der Waals surface area (Å²) in [4.78, 5) is 5.18. The Bertz CT molecular complexity index is 1450. The largest absolute Gasteiger partial charge is 0.508 e. The average molecular weight is 469 g/mol. The summed E-state index contributed by atoms with van der Waals surface area (Å²) in [6, 6.07) is 20.3. The number of aromatic nitrogens is 2. The standard InChI is InChI=1S/C28H24N2O3S/c1-2-15-30-18-29-17-21(30)8-3-19-4-12-24(13-5-19)33-27-25-14-11-23(32)16-26(25)34-28(27)20-6-9-22(31)10-7-20/h3-14,16-18,31-32H,2,15H2,1H3/b8-3+. The van der Waals surface area contributed by atoms with E-state index in [4.69, 9.17) is 4.74 Å². The second kappa shape index (κ2) is 9.45. The minimum atomic E-state index is 0.214. The van der Waals surface area contributed by atoms with Crippen LogP contribution in [0.25, 0.3) is 32.7 Å². The highest BCUT2D eigenvalue weighted by molar-refractivity contribution is 7.22. The van der Waals surface area contributed by atoms with Crippen LogP contribution in [0.3, 0.4) is 0 Å². The van der Waals surface area contributed by atoms with E-state index < -0.39 is 0 Å². The van der Waals surface area contributed by atoms with Gasteiger partial charge in [-0.2, -0.15) is 0 Å². The average Bonchev–Trinajstić information content (AvgIpc) is 3.43. The van der Waals surface area contributed by atoms with Crippen molar-refractivity contribution in [2.75, 3.05) is 0 Å². The number of ether oxygens (including phenoxy) is 1. The third-order valence-corrected chi connectivity index (χ3v) is 6.70. The monoisotopic (exact) mass is 468 g/mol. The predicted octanol–water partition coefficient (Wildman–Crippen LogP) is 7.55. The number of nitrogens with zero attached hydrogens (tertiary/aromatic N) is 2. The Kier molecular flexibility index (Phi) is 6.06. The van der Waals surface area contributed by atoms with Crippen molar-refractivity contribution in [2.24, 2.45) is 0 Å². The van der Waals surface area contributed by atoms with Gasteiger partial charge in [-0.3, -0.25) is 0 Å². The number of aryl methyl sites for hydroxylation is 1. The van der Waals surface area contributed by atoms with Crippen molar-refractivity contribution < 1.29 is 14.9 Å². The molecule has 0 aliphatic rings. The van der Waals surface area contributed by atoms with Gasteiger partial charge in [-0.15, -0.1) is 11.3 Å². The van der Waals surface area contributed by atoms with Gasteiger partial charge >= 0.3 is 0 Å². The van der Waals surface area contributed by atoms with Gasteiger partial charge in [0, 0.05) is 16.6 Å². The van der Waals surface area contributed by atoms with Crippen molar-refractivity contribution in [3.63, 3.8) is 0 Å². The highest BCUT2D eigenvalue weighted by atomic mass is 32.1. The smallest absolute Gasteiger partial charge is 0.153 e. The van der Waals surface area contributed by atoms with Crippen molar-refractivity contribution in [1.29, 1.82) is 0 Å². The van der Waals surface area contributed by atoms with Crippen LogP contribution >= 0.6 is 11.3 Å². The lowest BCUT2D eigenvalue weighted by molar-refractivity contribution is 0.475. The lowest BCUT2D eigenvalue weighted by atomic mass is 10.1. The van der Waals surface area contributed by atoms with E-state index in [0.717, 1.165) is 56.2 Å². The molecule has 0 radical (unpaired) electrons. The minimum absolute atomic E-state index is 0.214. The van der Waals surface area contributed by atoms with Gasteiger partial charge in [-0.05, 0) is 78.2 Å². The number of imidazole rings is 1. The molecule has 170 valence electrons. The second-order valence-corrected chi connectivity index (χ2v) is 9.06. The quantitative estimate of drug-likeness (QED) is 0.259. The molecule has 0 saturated heterocycles. The fourth-order valence-electron chi connectivity index (χ4n) is 3.81. The first kappa shape index (κ1) is 21.8. The molecule has 0 atom stereocenters. The first-order valence-corrected chi connectivity index (χ1v) is 11.9. The molecular weight excluding hydrogens is 444 g/mol. The number of phenols is 2. The first-order valence-electron chi connectivity index (χ1n) is 11.1. The lowest BCUT2D eigenvalue weighted by Gasteiger charge is -2.09. The number of fused-ring (bicyclic) bond motifs is 1. The summed E-state index contributed by atoms with van der Waals surface area (Å²) in [7, 11) is 0. The second-order valence-electron chi connectivity index (χ2n) is 8.00. The Labute approximate surface area is 201 Å². The molecule has 0 fully saturated rings. The van der Waals surface area contributed by atoms with Gasteiger partial charge in [-0.25, -0.2) is 4.98 Å². The van der Waals surface area contributed by atoms with E-state index in [1.165, 1.54) is 0 Å². The molecule has 0 bridgehead atoms. The molecule has 0 aliphatic carbocycles. The summed E-state index contributed by atoms with van der Waals surface area (Å²) >= 11 is 1.55. The van der Waals surface area contributed by atoms with Gasteiger partial charge in [0.25, 0.3) is 0 Å². The predicted molar refractivity (Wildman–Crippen MR) is 139 cm³/mol. The van der Waals surface area contributed by atoms with E-state index in [2.05, 4.69) is 28.6 Å². The zero-order chi connectivity index (χ0) is 23.5. The zero-order valence-corrected chi connectivity index (χ0v) is 19.5. The highest BCUT2D eigenvalue weighted by Crippen LogP contribution is 2.47. The number of benzene rings is 3. The van der Waals surface area contributed by atoms with Crippen LogP contribution in [0.4, 0.5) is 0 Å². The van der Waals surface area contributed by atoms with E-state index in [1.54, 1.807) is 35.6 Å². The molecule has 34 heavy (non-hydrogen) atoms. The van der Waals surface area contributed by atoms with E-state index in [-0.39, 0.29) is 11.5 Å². The van der Waals surface area contributed by atoms with E-state index in [0.29, 0.717) is 0 Å². The van der Waals surface area contributed by atoms with Crippen molar-refractivity contribution in [3.8, 4) is 33.4 Å². The number of hydrogen-bond acceptors (Lipinski definition) is 5. The molecule has 5 nitrogen and oxygen atoms in total. The van der Waals surface area contributed by atoms with Gasteiger partial charge in [0.15, 0.2) is 5.75 Å². The maximum Gasteiger partial charge on any atom is 0.153 e. The van der Waals surface area contributed by atoms with E-state index >= 15 is 0 Å². The Morgan fingerprint density at radius 3 is 2.47 bits per heavy atom. The number of hydrogen-bond donors (Lipinski definition) is 2. The summed E-state index contributed by atoms with van der Waals surface area (Å²) in [5.41, 5.74) is 3.08. The molecule has 2 N–H and O–H groups in total. The van der Waals surface area contributed by atoms with Crippen molar-refractivity contribution >= 4 is 33.6 Å². The Morgan fingerprint density at radius 2 is 1.71 bits per heavy atom. The van der Waals surface area contributed by atoms with Crippen molar-refractivity contribution in [1.82, 2.24) is 9.55 Å². The van der Waals surface area contributed by atoms with Crippen LogP contribution in [0.15, 0.2) is 79.3 Å². The molecule has 0 aliphatic heterocycles. The van der Waals surface area contributed by atoms with Gasteiger partial charge in [0.1, 0.15) is 17.2 Å². The van der Waals surface area contributed by atoms with Crippen LogP contribution in [-0.2, 0) is 6.54 Å². The van der Waals surface area contributed by atoms with Crippen LogP contribution in [0.5, 0.6) is 23.0 Å². The number of aromatic hydroxyl groups is 2. The number of phenolic OH excluding ortho intramolecular Hbond substituents is 2. The third-order valence-electron chi connectivity index (χ3n) is 5.51. The highest BCUT2D eigenvalue weighted by Gasteiger charge is 2.17. The molecule has 5 rings (SSSR count). The molecule has 0 saturated carbocycles. The SMILES string of the molecule is CCCn1cncc1/C=C/c1ccc(Oc2c(-c3ccc(O)cc3)sc3cc(O)ccc23)cc1. The van der Waals surface area contributed by atoms with Crippen LogP contribution in [0, 0.1) is 0 Å². The first-order chi connectivity index (χ1) is 16.6. The maximum absolute atomic E-state index is 9.94. The molecule has 0 amide bonds. The molecule has 2 aromatic heterocycles. The summed E-state index contributed by atoms with van der Waals surface area (Å²) < 4.78 is 9.44. The molecule has 6 heteroatoms. The van der Waals surface area contributed by atoms with Crippen molar-refractivity contribution in [2.45, 2.75) is 19.9 Å². The summed E-state index contributed by atoms with van der Waals surface area (Å²) in [6.07, 6.45) is 8.93. The van der Waals surface area contributed by atoms with Gasteiger partial charge in [0.05, 0.1) is 23.1 Å². The summed E-state index contributed by atoms with van der Waals surface area (Å²) in [5, 5.41) is 20.6. The lowest BCUT2D eigenvalue weighted by Crippen LogP contribution is -1.96. The van der Waals surface area contributed by atoms with E-state index in [9.17, 15) is 10.2 Å². The Hall–Kier alpha value is -4.03. The van der Waals surface area contributed by atoms with Gasteiger partial charge < -0.3 is 19.5 Å². The van der Waals surface area contributed by atoms with Crippen LogP contribution in [-0.4, -0.2) is 19.8 Å². The van der Waals surface area contributed by atoms with E-state index in [1.807, 2.05) is 55.0 Å². The fourth-order valence-corrected chi connectivity index (χ4v) is 4.98. The molecule has 0 unspecified atom stereocenters. The third kappa shape index (κ3) is 4.54. The molecule has 3 aromatic carbocycles. The summed E-state index contributed by atoms with van der Waals surface area (Å²) in [6.45, 7) is 3.10. The van der Waals surface area contributed by atoms with Crippen LogP contribution < -0.4 is 4.74 Å². The molecule has 2 heterocycles.